The second-order valence-electron chi connectivity index (χ2n) is 10.1. The number of nitrogens with zero attached hydrogens (tertiary/aromatic N) is 1. The molecule has 0 radical (unpaired) electrons. The number of primary amides is 1. The molecule has 0 saturated heterocycles. The van der Waals surface area contributed by atoms with Gasteiger partial charge in [-0.25, -0.2) is 0 Å². The van der Waals surface area contributed by atoms with Crippen LogP contribution in [0.5, 0.6) is 0 Å². The van der Waals surface area contributed by atoms with E-state index in [9.17, 15) is 27.9 Å². The molecule has 1 aromatic carbocycles. The molecule has 5 nitrogen and oxygen atoms in total. The van der Waals surface area contributed by atoms with Crippen LogP contribution < -0.4 is 5.73 Å². The monoisotopic (exact) mass is 452 g/mol. The predicted octanol–water partition coefficient (Wildman–Crippen LogP) is 4.28. The lowest BCUT2D eigenvalue weighted by Crippen LogP contribution is -2.46. The van der Waals surface area contributed by atoms with Crippen LogP contribution in [0.2, 0.25) is 0 Å². The molecular weight excluding hydrogens is 421 g/mol. The van der Waals surface area contributed by atoms with E-state index in [2.05, 4.69) is 0 Å². The van der Waals surface area contributed by atoms with E-state index in [0.29, 0.717) is 24.8 Å². The van der Waals surface area contributed by atoms with Crippen molar-refractivity contribution >= 4 is 11.8 Å². The molecule has 0 aliphatic heterocycles. The van der Waals surface area contributed by atoms with E-state index in [1.165, 1.54) is 24.3 Å². The van der Waals surface area contributed by atoms with Crippen LogP contribution in [-0.2, 0) is 10.4 Å². The third kappa shape index (κ3) is 4.38. The average molecular weight is 453 g/mol. The van der Waals surface area contributed by atoms with E-state index in [1.807, 2.05) is 4.90 Å². The molecule has 3 aliphatic rings. The maximum absolute atomic E-state index is 13.3. The summed E-state index contributed by atoms with van der Waals surface area (Å²) in [5.41, 5.74) is 2.56. The van der Waals surface area contributed by atoms with E-state index >= 15 is 0 Å². The number of aliphatic hydroxyl groups is 1. The minimum absolute atomic E-state index is 0.0363. The van der Waals surface area contributed by atoms with Gasteiger partial charge in [-0.2, -0.15) is 13.2 Å². The first-order chi connectivity index (χ1) is 14.9. The first-order valence-corrected chi connectivity index (χ1v) is 11.5. The highest BCUT2D eigenvalue weighted by atomic mass is 19.4. The fraction of sp³-hybridized carbons (Fsp3) is 0.667. The van der Waals surface area contributed by atoms with Gasteiger partial charge in [0.25, 0.3) is 5.91 Å². The van der Waals surface area contributed by atoms with Crippen LogP contribution in [0.25, 0.3) is 0 Å². The number of halogens is 3. The molecule has 3 aliphatic carbocycles. The summed E-state index contributed by atoms with van der Waals surface area (Å²) in [6, 6.07) is 5.33. The smallest absolute Gasteiger partial charge is 0.376 e. The van der Waals surface area contributed by atoms with Gasteiger partial charge < -0.3 is 15.7 Å². The first-order valence-electron chi connectivity index (χ1n) is 11.5. The molecule has 3 N–H and O–H groups in total. The van der Waals surface area contributed by atoms with Gasteiger partial charge in [-0.15, -0.1) is 0 Å². The van der Waals surface area contributed by atoms with Crippen LogP contribution in [-0.4, -0.2) is 40.1 Å². The van der Waals surface area contributed by atoms with E-state index in [-0.39, 0.29) is 34.9 Å². The van der Waals surface area contributed by atoms with Crippen LogP contribution in [0.1, 0.15) is 80.6 Å². The van der Waals surface area contributed by atoms with Crippen molar-refractivity contribution in [1.82, 2.24) is 4.90 Å². The molecule has 8 heteroatoms. The van der Waals surface area contributed by atoms with Crippen molar-refractivity contribution in [3.63, 3.8) is 0 Å². The SMILES string of the molecule is C[C@](O)(c1ccc(C(=O)N(C2CC2)C2CCC(CC(N)=O)(C3CC3)CC2)cc1)C(F)(F)F. The number of nitrogens with two attached hydrogens (primary N) is 1. The highest BCUT2D eigenvalue weighted by molar-refractivity contribution is 5.95. The molecule has 0 aromatic heterocycles. The summed E-state index contributed by atoms with van der Waals surface area (Å²) >= 11 is 0. The molecular formula is C24H31F3N2O3. The molecule has 3 fully saturated rings. The Morgan fingerprint density at radius 3 is 2.00 bits per heavy atom. The third-order valence-corrected chi connectivity index (χ3v) is 7.73. The lowest BCUT2D eigenvalue weighted by molar-refractivity contribution is -0.258. The molecule has 4 rings (SSSR count). The number of carbonyl (C=O) groups is 2. The molecule has 32 heavy (non-hydrogen) atoms. The second kappa shape index (κ2) is 8.04. The third-order valence-electron chi connectivity index (χ3n) is 7.73. The quantitative estimate of drug-likeness (QED) is 0.648. The predicted molar refractivity (Wildman–Crippen MR) is 112 cm³/mol. The van der Waals surface area contributed by atoms with Crippen molar-refractivity contribution < 1.29 is 27.9 Å². The van der Waals surface area contributed by atoms with Crippen LogP contribution in [0, 0.1) is 11.3 Å². The van der Waals surface area contributed by atoms with E-state index in [1.54, 1.807) is 0 Å². The summed E-state index contributed by atoms with van der Waals surface area (Å²) in [6.07, 6.45) is 3.09. The Hall–Kier alpha value is -2.09. The number of hydrogen-bond donors (Lipinski definition) is 2. The van der Waals surface area contributed by atoms with Gasteiger partial charge >= 0.3 is 6.18 Å². The molecule has 1 aromatic rings. The van der Waals surface area contributed by atoms with Gasteiger partial charge in [0.15, 0.2) is 5.60 Å². The molecule has 176 valence electrons. The van der Waals surface area contributed by atoms with Gasteiger partial charge in [0.1, 0.15) is 0 Å². The van der Waals surface area contributed by atoms with Gasteiger partial charge in [0.2, 0.25) is 5.91 Å². The minimum atomic E-state index is -4.81. The Bertz CT molecular complexity index is 865. The van der Waals surface area contributed by atoms with Crippen molar-refractivity contribution in [2.75, 3.05) is 0 Å². The highest BCUT2D eigenvalue weighted by Crippen LogP contribution is 2.56. The minimum Gasteiger partial charge on any atom is -0.376 e. The maximum Gasteiger partial charge on any atom is 0.421 e. The Balaban J connectivity index is 1.48. The van der Waals surface area contributed by atoms with Gasteiger partial charge in [-0.1, -0.05) is 12.1 Å². The number of alkyl halides is 3. The summed E-state index contributed by atoms with van der Waals surface area (Å²) in [4.78, 5) is 26.9. The van der Waals surface area contributed by atoms with Crippen molar-refractivity contribution in [3.05, 3.63) is 35.4 Å². The van der Waals surface area contributed by atoms with Crippen LogP contribution >= 0.6 is 0 Å². The fourth-order valence-corrected chi connectivity index (χ4v) is 5.46. The van der Waals surface area contributed by atoms with Crippen molar-refractivity contribution in [2.45, 2.75) is 88.6 Å². The van der Waals surface area contributed by atoms with Crippen LogP contribution in [0.15, 0.2) is 24.3 Å². The fourth-order valence-electron chi connectivity index (χ4n) is 5.46. The normalized spacial score (nSPS) is 28.1. The van der Waals surface area contributed by atoms with Crippen molar-refractivity contribution in [3.8, 4) is 0 Å². The van der Waals surface area contributed by atoms with Gasteiger partial charge in [0, 0.05) is 24.1 Å². The zero-order chi connectivity index (χ0) is 23.3. The topological polar surface area (TPSA) is 83.6 Å². The van der Waals surface area contributed by atoms with Crippen LogP contribution in [0.3, 0.4) is 0 Å². The Morgan fingerprint density at radius 2 is 1.56 bits per heavy atom. The average Bonchev–Trinajstić information content (AvgIpc) is 3.61. The maximum atomic E-state index is 13.3. The van der Waals surface area contributed by atoms with Gasteiger partial charge in [-0.05, 0) is 87.3 Å². The summed E-state index contributed by atoms with van der Waals surface area (Å²) < 4.78 is 39.3. The molecule has 1 atom stereocenters. The lowest BCUT2D eigenvalue weighted by Gasteiger charge is -2.44. The number of hydrogen-bond acceptors (Lipinski definition) is 3. The molecule has 0 spiro atoms. The van der Waals surface area contributed by atoms with Crippen molar-refractivity contribution in [1.29, 1.82) is 0 Å². The Kier molecular flexibility index (Phi) is 5.80. The van der Waals surface area contributed by atoms with Crippen LogP contribution in [0.4, 0.5) is 13.2 Å². The summed E-state index contributed by atoms with van der Waals surface area (Å²) in [6.45, 7) is 0.709. The number of rotatable bonds is 7. The van der Waals surface area contributed by atoms with Gasteiger partial charge in [0.05, 0.1) is 0 Å². The van der Waals surface area contributed by atoms with Gasteiger partial charge in [-0.3, -0.25) is 9.59 Å². The Labute approximate surface area is 186 Å². The largest absolute Gasteiger partial charge is 0.421 e. The standard InChI is InChI=1S/C24H31F3N2O3/c1-22(32,24(25,26)27)16-4-2-15(3-5-16)21(31)29(18-8-9-18)19-10-12-23(13-11-19,14-20(28)30)17-6-7-17/h2-5,17-19,32H,6-14H2,1H3,(H2,28,30)/t19?,22-,23?/m0/s1. The summed E-state index contributed by atoms with van der Waals surface area (Å²) in [7, 11) is 0. The van der Waals surface area contributed by atoms with E-state index in [4.69, 9.17) is 5.73 Å². The molecule has 0 bridgehead atoms. The zero-order valence-electron chi connectivity index (χ0n) is 18.3. The number of amides is 2. The molecule has 0 heterocycles. The molecule has 0 unspecified atom stereocenters. The Morgan fingerprint density at radius 1 is 1.03 bits per heavy atom. The van der Waals surface area contributed by atoms with E-state index < -0.39 is 11.8 Å². The molecule has 2 amide bonds. The zero-order valence-corrected chi connectivity index (χ0v) is 18.3. The lowest BCUT2D eigenvalue weighted by atomic mass is 9.66. The second-order valence-corrected chi connectivity index (χ2v) is 10.1. The van der Waals surface area contributed by atoms with E-state index in [0.717, 1.165) is 51.4 Å². The number of benzene rings is 1. The van der Waals surface area contributed by atoms with Crippen molar-refractivity contribution in [2.24, 2.45) is 17.1 Å². The highest BCUT2D eigenvalue weighted by Gasteiger charge is 2.52. The first kappa shape index (κ1) is 23.1. The summed E-state index contributed by atoms with van der Waals surface area (Å²) in [5.74, 6) is 0.111. The molecule has 3 saturated carbocycles. The number of carbonyl (C=O) groups excluding carboxylic acids is 2. The summed E-state index contributed by atoms with van der Waals surface area (Å²) in [5, 5.41) is 9.87.